The molecule has 0 heterocycles. The summed E-state index contributed by atoms with van der Waals surface area (Å²) in [6.45, 7) is 0. The van der Waals surface area contributed by atoms with E-state index in [1.807, 2.05) is 38.0 Å². The van der Waals surface area contributed by atoms with E-state index in [9.17, 15) is 0 Å². The first-order valence-corrected chi connectivity index (χ1v) is 11.4. The van der Waals surface area contributed by atoms with Crippen molar-refractivity contribution in [2.24, 2.45) is 0 Å². The monoisotopic (exact) mass is 370 g/mol. The van der Waals surface area contributed by atoms with Crippen LogP contribution in [0.25, 0.3) is 0 Å². The van der Waals surface area contributed by atoms with Gasteiger partial charge in [0.05, 0.1) is 0 Å². The Morgan fingerprint density at radius 2 is 1.23 bits per heavy atom. The van der Waals surface area contributed by atoms with Crippen molar-refractivity contribution in [3.05, 3.63) is 0 Å². The minimum atomic E-state index is -0.226. The number of nitrogens with zero attached hydrogens (tertiary/aromatic N) is 2. The molecule has 0 rings (SSSR count). The summed E-state index contributed by atoms with van der Waals surface area (Å²) in [5, 5.41) is 0. The van der Waals surface area contributed by atoms with Gasteiger partial charge in [-0.2, -0.15) is 0 Å². The van der Waals surface area contributed by atoms with Gasteiger partial charge < -0.3 is 0 Å². The van der Waals surface area contributed by atoms with Gasteiger partial charge in [-0.15, -0.1) is 0 Å². The minimum absolute atomic E-state index is 0.226. The van der Waals surface area contributed by atoms with E-state index in [1.54, 1.807) is 18.0 Å². The van der Waals surface area contributed by atoms with Gasteiger partial charge in [0.1, 0.15) is 0 Å². The molecule has 0 aromatic heterocycles. The molecular weight excluding hydrogens is 356 g/mol. The molecule has 0 unspecified atom stereocenters. The molecule has 0 amide bonds. The third-order valence-electron chi connectivity index (χ3n) is 0.941. The standard InChI is InChI=1S/C6H12N2S4Te/c1-7(2)5(9)11-13-12-6(10)8(3)4/h1-4H3. The molecule has 0 aromatic carbocycles. The zero-order chi connectivity index (χ0) is 10.4. The summed E-state index contributed by atoms with van der Waals surface area (Å²) in [7, 11) is 11.4. The van der Waals surface area contributed by atoms with Crippen molar-refractivity contribution >= 4 is 69.2 Å². The van der Waals surface area contributed by atoms with E-state index in [1.165, 1.54) is 0 Å². The number of rotatable bonds is 2. The Labute approximate surface area is 106 Å². The van der Waals surface area contributed by atoms with Crippen LogP contribution in [0.3, 0.4) is 0 Å². The van der Waals surface area contributed by atoms with Crippen molar-refractivity contribution in [1.82, 2.24) is 9.80 Å². The summed E-state index contributed by atoms with van der Waals surface area (Å²) >= 11 is 10.1. The van der Waals surface area contributed by atoms with E-state index >= 15 is 0 Å². The molecule has 76 valence electrons. The average molecular weight is 368 g/mol. The van der Waals surface area contributed by atoms with E-state index in [0.717, 1.165) is 8.64 Å². The van der Waals surface area contributed by atoms with E-state index in [2.05, 4.69) is 0 Å². The van der Waals surface area contributed by atoms with Gasteiger partial charge in [0.2, 0.25) is 0 Å². The molecule has 0 spiro atoms. The zero-order valence-corrected chi connectivity index (χ0v) is 13.5. The van der Waals surface area contributed by atoms with Crippen molar-refractivity contribution in [2.45, 2.75) is 0 Å². The summed E-state index contributed by atoms with van der Waals surface area (Å²) in [4.78, 5) is 3.92. The number of thiocarbonyl (C=S) groups is 2. The predicted octanol–water partition coefficient (Wildman–Crippen LogP) is 1.68. The van der Waals surface area contributed by atoms with Gasteiger partial charge in [0, 0.05) is 0 Å². The van der Waals surface area contributed by atoms with Crippen molar-refractivity contribution < 1.29 is 0 Å². The van der Waals surface area contributed by atoms with Gasteiger partial charge in [-0.3, -0.25) is 0 Å². The van der Waals surface area contributed by atoms with Gasteiger partial charge in [0.15, 0.2) is 0 Å². The second kappa shape index (κ2) is 7.55. The van der Waals surface area contributed by atoms with Crippen LogP contribution in [0.2, 0.25) is 0 Å². The third-order valence-corrected chi connectivity index (χ3v) is 11.9. The molecule has 13 heavy (non-hydrogen) atoms. The van der Waals surface area contributed by atoms with Crippen molar-refractivity contribution in [2.75, 3.05) is 28.2 Å². The molecule has 0 bridgehead atoms. The summed E-state index contributed by atoms with van der Waals surface area (Å²) in [5.41, 5.74) is 0. The van der Waals surface area contributed by atoms with Gasteiger partial charge in [0.25, 0.3) is 0 Å². The SMILES string of the molecule is CN(C)C(=S)S[Te]SC(=S)N(C)C. The molecule has 0 aliphatic rings. The Kier molecular flexibility index (Phi) is 8.28. The molecule has 2 nitrogen and oxygen atoms in total. The number of hydrogen-bond donors (Lipinski definition) is 0. The van der Waals surface area contributed by atoms with Crippen LogP contribution in [0.4, 0.5) is 0 Å². The molecule has 0 saturated carbocycles. The molecule has 0 radical (unpaired) electrons. The molecule has 0 aliphatic carbocycles. The Balaban J connectivity index is 3.57. The third kappa shape index (κ3) is 7.23. The summed E-state index contributed by atoms with van der Waals surface area (Å²) in [6, 6.07) is 0. The fourth-order valence-electron chi connectivity index (χ4n) is 0.224. The topological polar surface area (TPSA) is 6.48 Å². The molecule has 0 fully saturated rings. The maximum atomic E-state index is 5.15. The Hall–Kier alpha value is 1.27. The molecule has 0 atom stereocenters. The van der Waals surface area contributed by atoms with Crippen LogP contribution < -0.4 is 0 Å². The Morgan fingerprint density at radius 3 is 1.46 bits per heavy atom. The maximum absolute atomic E-state index is 5.15. The first kappa shape index (κ1) is 14.3. The van der Waals surface area contributed by atoms with E-state index < -0.39 is 0 Å². The van der Waals surface area contributed by atoms with Crippen LogP contribution in [0.1, 0.15) is 0 Å². The average Bonchev–Trinajstić information content (AvgIpc) is 2.03. The summed E-state index contributed by atoms with van der Waals surface area (Å²) in [6.07, 6.45) is 0. The first-order valence-electron chi connectivity index (χ1n) is 3.39. The van der Waals surface area contributed by atoms with Crippen LogP contribution in [0.15, 0.2) is 0 Å². The van der Waals surface area contributed by atoms with Crippen molar-refractivity contribution in [3.8, 4) is 0 Å². The second-order valence-corrected chi connectivity index (χ2v) is 11.8. The summed E-state index contributed by atoms with van der Waals surface area (Å²) < 4.78 is 1.91. The molecule has 0 aliphatic heterocycles. The quantitative estimate of drug-likeness (QED) is 0.537. The first-order chi connectivity index (χ1) is 5.95. The van der Waals surface area contributed by atoms with E-state index in [0.29, 0.717) is 0 Å². The van der Waals surface area contributed by atoms with Crippen LogP contribution >= 0.6 is 42.4 Å². The predicted molar refractivity (Wildman–Crippen MR) is 73.5 cm³/mol. The molecule has 0 aromatic rings. The summed E-state index contributed by atoms with van der Waals surface area (Å²) in [5.74, 6) is 0. The van der Waals surface area contributed by atoms with E-state index in [-0.39, 0.29) is 18.2 Å². The normalized spacial score (nSPS) is 9.54. The molecule has 7 heteroatoms. The molecule has 0 N–H and O–H groups in total. The molecular formula is C6H12N2S4Te. The van der Waals surface area contributed by atoms with Crippen molar-refractivity contribution in [1.29, 1.82) is 0 Å². The zero-order valence-electron chi connectivity index (χ0n) is 7.94. The van der Waals surface area contributed by atoms with Crippen LogP contribution in [0.5, 0.6) is 0 Å². The Bertz CT molecular complexity index is 175. The second-order valence-electron chi connectivity index (χ2n) is 2.56. The van der Waals surface area contributed by atoms with Crippen LogP contribution in [0, 0.1) is 0 Å². The fraction of sp³-hybridized carbons (Fsp3) is 0.667. The van der Waals surface area contributed by atoms with Gasteiger partial charge in [-0.25, -0.2) is 0 Å². The van der Waals surface area contributed by atoms with Crippen molar-refractivity contribution in [3.63, 3.8) is 0 Å². The van der Waals surface area contributed by atoms with E-state index in [4.69, 9.17) is 24.4 Å². The molecule has 0 saturated heterocycles. The Morgan fingerprint density at radius 1 is 0.923 bits per heavy atom. The van der Waals surface area contributed by atoms with Crippen LogP contribution in [-0.4, -0.2) is 64.8 Å². The van der Waals surface area contributed by atoms with Gasteiger partial charge in [-0.05, 0) is 0 Å². The van der Waals surface area contributed by atoms with Gasteiger partial charge in [-0.1, -0.05) is 0 Å². The van der Waals surface area contributed by atoms with Gasteiger partial charge >= 0.3 is 107 Å². The fourth-order valence-corrected chi connectivity index (χ4v) is 10.9. The number of hydrogen-bond acceptors (Lipinski definition) is 4. The van der Waals surface area contributed by atoms with Crippen LogP contribution in [-0.2, 0) is 0 Å².